The number of hydrogen-bond donors (Lipinski definition) is 3. The fourth-order valence-electron chi connectivity index (χ4n) is 0.514. The minimum atomic E-state index is -1.47. The first-order valence-electron chi connectivity index (χ1n) is 3.86. The summed E-state index contributed by atoms with van der Waals surface area (Å²) in [4.78, 5) is 0. The van der Waals surface area contributed by atoms with E-state index in [9.17, 15) is 0 Å². The molecule has 5 nitrogen and oxygen atoms in total. The molecule has 12 heavy (non-hydrogen) atoms. The molecule has 0 aliphatic heterocycles. The fourth-order valence-corrected chi connectivity index (χ4v) is 0.514. The molecule has 0 saturated carbocycles. The van der Waals surface area contributed by atoms with Crippen LogP contribution in [0, 0.1) is 0 Å². The predicted molar refractivity (Wildman–Crippen MR) is 41.3 cm³/mol. The monoisotopic (exact) mass is 180 g/mol. The van der Waals surface area contributed by atoms with Crippen molar-refractivity contribution in [3.8, 4) is 0 Å². The molecule has 0 saturated heterocycles. The fraction of sp³-hybridized carbons (Fsp3) is 1.00. The van der Waals surface area contributed by atoms with Gasteiger partial charge in [-0.2, -0.15) is 0 Å². The molecule has 0 aliphatic carbocycles. The maximum atomic E-state index is 8.99. The largest absolute Gasteiger partial charge is 0.391 e. The summed E-state index contributed by atoms with van der Waals surface area (Å²) in [5.74, 6) is 0. The quantitative estimate of drug-likeness (QED) is 0.348. The summed E-state index contributed by atoms with van der Waals surface area (Å²) in [5.41, 5.74) is 0. The number of hydrogen-bond acceptors (Lipinski definition) is 5. The van der Waals surface area contributed by atoms with Gasteiger partial charge in [0.05, 0.1) is 12.7 Å². The molecular formula is C7H16O5. The molecule has 0 aliphatic rings. The molecule has 0 aromatic rings. The van der Waals surface area contributed by atoms with Gasteiger partial charge in [0, 0.05) is 0 Å². The number of ether oxygens (including phenoxy) is 2. The minimum Gasteiger partial charge on any atom is -0.391 e. The molecule has 0 rings (SSSR count). The molecule has 0 amide bonds. The second-order valence-electron chi connectivity index (χ2n) is 2.40. The van der Waals surface area contributed by atoms with E-state index < -0.39 is 12.4 Å². The first-order valence-corrected chi connectivity index (χ1v) is 3.86. The third-order valence-electron chi connectivity index (χ3n) is 1.22. The molecule has 0 heterocycles. The summed E-state index contributed by atoms with van der Waals surface area (Å²) in [6.45, 7) is 1.83. The number of aliphatic hydroxyl groups excluding tert-OH is 2. The molecular weight excluding hydrogens is 164 g/mol. The molecule has 0 aromatic carbocycles. The number of aliphatic hydroxyl groups is 3. The Kier molecular flexibility index (Phi) is 7.33. The van der Waals surface area contributed by atoms with Crippen LogP contribution in [0.1, 0.15) is 13.3 Å². The van der Waals surface area contributed by atoms with E-state index in [1.54, 1.807) is 0 Å². The van der Waals surface area contributed by atoms with E-state index in [2.05, 4.69) is 4.74 Å². The molecule has 1 atom stereocenters. The summed E-state index contributed by atoms with van der Waals surface area (Å²) >= 11 is 0. The van der Waals surface area contributed by atoms with Crippen LogP contribution in [-0.4, -0.2) is 47.7 Å². The van der Waals surface area contributed by atoms with Gasteiger partial charge in [-0.15, -0.1) is 0 Å². The van der Waals surface area contributed by atoms with Crippen molar-refractivity contribution < 1.29 is 24.8 Å². The van der Waals surface area contributed by atoms with Gasteiger partial charge in [-0.05, 0) is 6.42 Å². The molecule has 5 heteroatoms. The van der Waals surface area contributed by atoms with Crippen molar-refractivity contribution in [1.29, 1.82) is 0 Å². The lowest BCUT2D eigenvalue weighted by Gasteiger charge is -2.09. The van der Waals surface area contributed by atoms with Gasteiger partial charge in [-0.25, -0.2) is 0 Å². The lowest BCUT2D eigenvalue weighted by molar-refractivity contribution is -0.143. The Hall–Kier alpha value is -0.200. The van der Waals surface area contributed by atoms with Crippen molar-refractivity contribution in [3.63, 3.8) is 0 Å². The summed E-state index contributed by atoms with van der Waals surface area (Å²) < 4.78 is 9.50. The Bertz CT molecular complexity index is 95.8. The predicted octanol–water partition coefficient (Wildman–Crippen LogP) is -0.941. The van der Waals surface area contributed by atoms with Gasteiger partial charge in [0.25, 0.3) is 0 Å². The van der Waals surface area contributed by atoms with E-state index in [1.807, 2.05) is 6.92 Å². The van der Waals surface area contributed by atoms with E-state index in [1.165, 1.54) is 0 Å². The standard InChI is InChI=1S/C7H16O5/c1-2-6(8)3-11-5-12-4-7(9)10/h6-10H,2-5H2,1H3. The zero-order valence-corrected chi connectivity index (χ0v) is 7.14. The zero-order chi connectivity index (χ0) is 9.40. The zero-order valence-electron chi connectivity index (χ0n) is 7.14. The van der Waals surface area contributed by atoms with Crippen LogP contribution in [-0.2, 0) is 9.47 Å². The van der Waals surface area contributed by atoms with Gasteiger partial charge in [-0.3, -0.25) is 0 Å². The van der Waals surface area contributed by atoms with Crippen molar-refractivity contribution in [2.75, 3.05) is 20.0 Å². The summed E-state index contributed by atoms with van der Waals surface area (Å²) in [6, 6.07) is 0. The van der Waals surface area contributed by atoms with Crippen LogP contribution in [0.4, 0.5) is 0 Å². The first kappa shape index (κ1) is 11.8. The maximum absolute atomic E-state index is 8.99. The van der Waals surface area contributed by atoms with Gasteiger partial charge < -0.3 is 24.8 Å². The van der Waals surface area contributed by atoms with Crippen molar-refractivity contribution in [1.82, 2.24) is 0 Å². The Balaban J connectivity index is 3.00. The molecule has 0 bridgehead atoms. The Labute approximate surface area is 71.5 Å². The van der Waals surface area contributed by atoms with E-state index in [0.29, 0.717) is 6.42 Å². The highest BCUT2D eigenvalue weighted by Gasteiger charge is 2.00. The van der Waals surface area contributed by atoms with Gasteiger partial charge >= 0.3 is 0 Å². The van der Waals surface area contributed by atoms with E-state index in [0.717, 1.165) is 0 Å². The molecule has 3 N–H and O–H groups in total. The van der Waals surface area contributed by atoms with Crippen molar-refractivity contribution in [2.45, 2.75) is 25.7 Å². The molecule has 0 fully saturated rings. The summed E-state index contributed by atoms with van der Waals surface area (Å²) in [7, 11) is 0. The second-order valence-corrected chi connectivity index (χ2v) is 2.40. The summed E-state index contributed by atoms with van der Waals surface area (Å²) in [5, 5.41) is 25.7. The van der Waals surface area contributed by atoms with Gasteiger partial charge in [0.1, 0.15) is 13.4 Å². The first-order chi connectivity index (χ1) is 5.66. The smallest absolute Gasteiger partial charge is 0.175 e. The Morgan fingerprint density at radius 2 is 1.67 bits per heavy atom. The van der Waals surface area contributed by atoms with E-state index >= 15 is 0 Å². The third kappa shape index (κ3) is 7.90. The van der Waals surface area contributed by atoms with Gasteiger partial charge in [0.15, 0.2) is 6.29 Å². The van der Waals surface area contributed by atoms with Crippen molar-refractivity contribution in [2.24, 2.45) is 0 Å². The molecule has 0 radical (unpaired) electrons. The highest BCUT2D eigenvalue weighted by molar-refractivity contribution is 4.46. The average molecular weight is 180 g/mol. The highest BCUT2D eigenvalue weighted by atomic mass is 16.7. The average Bonchev–Trinajstić information content (AvgIpc) is 2.03. The molecule has 0 aromatic heterocycles. The highest BCUT2D eigenvalue weighted by Crippen LogP contribution is 1.91. The normalized spacial score (nSPS) is 13.8. The van der Waals surface area contributed by atoms with Crippen LogP contribution in [0.25, 0.3) is 0 Å². The lowest BCUT2D eigenvalue weighted by atomic mass is 10.3. The SMILES string of the molecule is CCC(O)COCOCC(O)O. The van der Waals surface area contributed by atoms with Crippen LogP contribution in [0.3, 0.4) is 0 Å². The van der Waals surface area contributed by atoms with Gasteiger partial charge in [-0.1, -0.05) is 6.92 Å². The van der Waals surface area contributed by atoms with Crippen LogP contribution >= 0.6 is 0 Å². The van der Waals surface area contributed by atoms with Gasteiger partial charge in [0.2, 0.25) is 0 Å². The second kappa shape index (κ2) is 7.45. The van der Waals surface area contributed by atoms with Crippen LogP contribution in [0.15, 0.2) is 0 Å². The minimum absolute atomic E-state index is 0.0331. The molecule has 1 unspecified atom stereocenters. The Morgan fingerprint density at radius 1 is 1.08 bits per heavy atom. The molecule has 74 valence electrons. The van der Waals surface area contributed by atoms with Crippen molar-refractivity contribution >= 4 is 0 Å². The van der Waals surface area contributed by atoms with E-state index in [-0.39, 0.29) is 20.0 Å². The Morgan fingerprint density at radius 3 is 2.17 bits per heavy atom. The maximum Gasteiger partial charge on any atom is 0.175 e. The topological polar surface area (TPSA) is 79.2 Å². The third-order valence-corrected chi connectivity index (χ3v) is 1.22. The van der Waals surface area contributed by atoms with E-state index in [4.69, 9.17) is 20.1 Å². The summed E-state index contributed by atoms with van der Waals surface area (Å²) in [6.07, 6.45) is -1.32. The lowest BCUT2D eigenvalue weighted by Crippen LogP contribution is -2.18. The van der Waals surface area contributed by atoms with Crippen molar-refractivity contribution in [3.05, 3.63) is 0 Å². The molecule has 0 spiro atoms. The van der Waals surface area contributed by atoms with Crippen LogP contribution < -0.4 is 0 Å². The number of rotatable bonds is 7. The van der Waals surface area contributed by atoms with Crippen LogP contribution in [0.2, 0.25) is 0 Å². The van der Waals surface area contributed by atoms with Crippen LogP contribution in [0.5, 0.6) is 0 Å².